The average Bonchev–Trinajstić information content (AvgIpc) is 3.57. The van der Waals surface area contributed by atoms with Crippen LogP contribution in [0.15, 0.2) is 59.8 Å². The Hall–Kier alpha value is -3.53. The minimum Gasteiger partial charge on any atom is -0.384 e. The van der Waals surface area contributed by atoms with Gasteiger partial charge in [-0.3, -0.25) is 0 Å². The summed E-state index contributed by atoms with van der Waals surface area (Å²) in [5.41, 5.74) is 7.60. The molecule has 1 saturated carbocycles. The number of nitrogens with zero attached hydrogens (tertiary/aromatic N) is 3. The molecule has 0 radical (unpaired) electrons. The molecule has 0 saturated heterocycles. The number of pyridine rings is 1. The monoisotopic (exact) mass is 424 g/mol. The van der Waals surface area contributed by atoms with E-state index in [1.165, 1.54) is 25.4 Å². The zero-order valence-corrected chi connectivity index (χ0v) is 17.0. The van der Waals surface area contributed by atoms with Crippen LogP contribution in [0.2, 0.25) is 0 Å². The van der Waals surface area contributed by atoms with Gasteiger partial charge in [-0.25, -0.2) is 28.2 Å². The molecule has 10 heteroatoms. The van der Waals surface area contributed by atoms with Crippen molar-refractivity contribution in [3.63, 3.8) is 0 Å². The van der Waals surface area contributed by atoms with Gasteiger partial charge in [0, 0.05) is 30.6 Å². The van der Waals surface area contributed by atoms with Crippen molar-refractivity contribution in [1.82, 2.24) is 20.3 Å². The molecule has 30 heavy (non-hydrogen) atoms. The summed E-state index contributed by atoms with van der Waals surface area (Å²) in [6, 6.07) is 12.8. The molecular weight excluding hydrogens is 404 g/mol. The molecular formula is C20H20N6O3S. The van der Waals surface area contributed by atoms with Crippen molar-refractivity contribution in [2.24, 2.45) is 0 Å². The fraction of sp³-hybridized carbons (Fsp3) is 0.200. The highest BCUT2D eigenvalue weighted by atomic mass is 32.2. The highest BCUT2D eigenvalue weighted by Gasteiger charge is 2.58. The minimum atomic E-state index is -3.73. The molecule has 2 amide bonds. The van der Waals surface area contributed by atoms with Gasteiger partial charge in [0.15, 0.2) is 10.9 Å². The van der Waals surface area contributed by atoms with E-state index < -0.39 is 14.6 Å². The fourth-order valence-electron chi connectivity index (χ4n) is 3.21. The number of urea groups is 1. The lowest BCUT2D eigenvalue weighted by molar-refractivity contribution is 0.254. The molecule has 0 bridgehead atoms. The van der Waals surface area contributed by atoms with Crippen LogP contribution in [0.3, 0.4) is 0 Å². The smallest absolute Gasteiger partial charge is 0.318 e. The number of hydrogen-bond donors (Lipinski definition) is 3. The maximum Gasteiger partial charge on any atom is 0.318 e. The SMILES string of the molecule is CNC(=O)Nc1ccc(-c2nc(N)cc(C3(S(=O)(=O)c4ccccn4)CC3)n2)cc1. The fourth-order valence-corrected chi connectivity index (χ4v) is 5.08. The molecule has 154 valence electrons. The molecule has 1 fully saturated rings. The number of hydrogen-bond acceptors (Lipinski definition) is 7. The first kappa shape index (κ1) is 19.8. The van der Waals surface area contributed by atoms with Crippen LogP contribution in [0.1, 0.15) is 18.5 Å². The Morgan fingerprint density at radius 1 is 1.10 bits per heavy atom. The summed E-state index contributed by atoms with van der Waals surface area (Å²) in [6.45, 7) is 0. The van der Waals surface area contributed by atoms with Crippen LogP contribution in [-0.4, -0.2) is 36.4 Å². The number of rotatable bonds is 5. The molecule has 2 aromatic heterocycles. The maximum atomic E-state index is 13.2. The van der Waals surface area contributed by atoms with Crippen LogP contribution in [0.5, 0.6) is 0 Å². The number of nitrogen functional groups attached to an aromatic ring is 1. The summed E-state index contributed by atoms with van der Waals surface area (Å²) < 4.78 is 25.3. The maximum absolute atomic E-state index is 13.2. The first-order valence-corrected chi connectivity index (χ1v) is 10.7. The number of aromatic nitrogens is 3. The van der Waals surface area contributed by atoms with Crippen molar-refractivity contribution in [2.75, 3.05) is 18.1 Å². The second-order valence-corrected chi connectivity index (χ2v) is 9.16. The summed E-state index contributed by atoms with van der Waals surface area (Å²) in [7, 11) is -2.20. The molecule has 9 nitrogen and oxygen atoms in total. The van der Waals surface area contributed by atoms with Gasteiger partial charge >= 0.3 is 6.03 Å². The highest BCUT2D eigenvalue weighted by molar-refractivity contribution is 7.92. The Labute approximate surface area is 173 Å². The molecule has 0 spiro atoms. The van der Waals surface area contributed by atoms with Crippen molar-refractivity contribution < 1.29 is 13.2 Å². The van der Waals surface area contributed by atoms with E-state index in [0.29, 0.717) is 35.6 Å². The quantitative estimate of drug-likeness (QED) is 0.571. The molecule has 0 aliphatic heterocycles. The van der Waals surface area contributed by atoms with Crippen LogP contribution < -0.4 is 16.4 Å². The molecule has 4 rings (SSSR count). The van der Waals surface area contributed by atoms with Crippen molar-refractivity contribution in [3.8, 4) is 11.4 Å². The highest BCUT2D eigenvalue weighted by Crippen LogP contribution is 2.54. The second-order valence-electron chi connectivity index (χ2n) is 6.95. The van der Waals surface area contributed by atoms with Gasteiger partial charge in [0.2, 0.25) is 9.84 Å². The van der Waals surface area contributed by atoms with Gasteiger partial charge in [0.05, 0.1) is 5.69 Å². The zero-order chi connectivity index (χ0) is 21.4. The number of carbonyl (C=O) groups excluding carboxylic acids is 1. The van der Waals surface area contributed by atoms with Crippen LogP contribution in [0.25, 0.3) is 11.4 Å². The lowest BCUT2D eigenvalue weighted by Crippen LogP contribution is -2.24. The van der Waals surface area contributed by atoms with E-state index in [4.69, 9.17) is 5.73 Å². The summed E-state index contributed by atoms with van der Waals surface area (Å²) in [5, 5.41) is 5.16. The van der Waals surface area contributed by atoms with Gasteiger partial charge in [-0.05, 0) is 49.2 Å². The van der Waals surface area contributed by atoms with Crippen LogP contribution in [-0.2, 0) is 14.6 Å². The van der Waals surface area contributed by atoms with Gasteiger partial charge in [-0.15, -0.1) is 0 Å². The third-order valence-corrected chi connectivity index (χ3v) is 7.41. The van der Waals surface area contributed by atoms with Crippen molar-refractivity contribution in [3.05, 3.63) is 60.4 Å². The van der Waals surface area contributed by atoms with Crippen LogP contribution >= 0.6 is 0 Å². The van der Waals surface area contributed by atoms with Crippen molar-refractivity contribution >= 4 is 27.4 Å². The molecule has 2 heterocycles. The Bertz CT molecular complexity index is 1190. The third-order valence-electron chi connectivity index (χ3n) is 4.97. The Balaban J connectivity index is 1.70. The van der Waals surface area contributed by atoms with E-state index in [1.807, 2.05) is 0 Å². The van der Waals surface area contributed by atoms with Gasteiger partial charge in [0.1, 0.15) is 10.6 Å². The molecule has 4 N–H and O–H groups in total. The van der Waals surface area contributed by atoms with Crippen LogP contribution in [0.4, 0.5) is 16.3 Å². The van der Waals surface area contributed by atoms with E-state index in [9.17, 15) is 13.2 Å². The number of carbonyl (C=O) groups is 1. The zero-order valence-electron chi connectivity index (χ0n) is 16.2. The number of nitrogens with two attached hydrogens (primary N) is 1. The first-order valence-electron chi connectivity index (χ1n) is 9.26. The second kappa shape index (κ2) is 7.38. The average molecular weight is 424 g/mol. The largest absolute Gasteiger partial charge is 0.384 e. The summed E-state index contributed by atoms with van der Waals surface area (Å²) in [6.07, 6.45) is 2.34. The number of anilines is 2. The number of nitrogens with one attached hydrogen (secondary N) is 2. The van der Waals surface area contributed by atoms with Crippen molar-refractivity contribution in [1.29, 1.82) is 0 Å². The van der Waals surface area contributed by atoms with Crippen LogP contribution in [0, 0.1) is 0 Å². The number of benzene rings is 1. The van der Waals surface area contributed by atoms with E-state index in [1.54, 1.807) is 36.4 Å². The lowest BCUT2D eigenvalue weighted by Gasteiger charge is -2.16. The van der Waals surface area contributed by atoms with E-state index in [-0.39, 0.29) is 16.9 Å². The summed E-state index contributed by atoms with van der Waals surface area (Å²) in [5.74, 6) is 0.504. The Morgan fingerprint density at radius 2 is 1.83 bits per heavy atom. The molecule has 1 aliphatic carbocycles. The van der Waals surface area contributed by atoms with Crippen molar-refractivity contribution in [2.45, 2.75) is 22.6 Å². The predicted octanol–water partition coefficient (Wildman–Crippen LogP) is 2.34. The van der Waals surface area contributed by atoms with E-state index in [2.05, 4.69) is 25.6 Å². The topological polar surface area (TPSA) is 140 Å². The summed E-state index contributed by atoms with van der Waals surface area (Å²) >= 11 is 0. The Kier molecular flexibility index (Phi) is 4.86. The van der Waals surface area contributed by atoms with Gasteiger partial charge in [0.25, 0.3) is 0 Å². The van der Waals surface area contributed by atoms with Gasteiger partial charge in [-0.1, -0.05) is 6.07 Å². The standard InChI is InChI=1S/C20H20N6O3S/c1-22-19(27)24-14-7-5-13(6-8-14)18-25-15(12-16(21)26-18)20(9-10-20)30(28,29)17-4-2-3-11-23-17/h2-8,11-12H,9-10H2,1H3,(H2,21,25,26)(H2,22,24,27). The third kappa shape index (κ3) is 3.45. The molecule has 3 aromatic rings. The normalized spacial score (nSPS) is 14.7. The van der Waals surface area contributed by atoms with Gasteiger partial charge < -0.3 is 16.4 Å². The molecule has 0 unspecified atom stereocenters. The lowest BCUT2D eigenvalue weighted by atomic mass is 10.1. The molecule has 0 atom stereocenters. The molecule has 1 aromatic carbocycles. The minimum absolute atomic E-state index is 0.0193. The van der Waals surface area contributed by atoms with E-state index in [0.717, 1.165) is 0 Å². The number of amides is 2. The predicted molar refractivity (Wildman–Crippen MR) is 112 cm³/mol. The van der Waals surface area contributed by atoms with Gasteiger partial charge in [-0.2, -0.15) is 0 Å². The molecule has 1 aliphatic rings. The summed E-state index contributed by atoms with van der Waals surface area (Å²) in [4.78, 5) is 24.3. The number of sulfone groups is 1. The van der Waals surface area contributed by atoms with E-state index >= 15 is 0 Å². The Morgan fingerprint density at radius 3 is 2.43 bits per heavy atom. The first-order chi connectivity index (χ1) is 14.4.